The van der Waals surface area contributed by atoms with Crippen LogP contribution in [0.4, 0.5) is 0 Å². The maximum atomic E-state index is 11.9. The van der Waals surface area contributed by atoms with Gasteiger partial charge in [-0.2, -0.15) is 0 Å². The molecule has 0 bridgehead atoms. The Hall–Kier alpha value is -3.13. The maximum absolute atomic E-state index is 11.9. The SMILES string of the molecule is COc1ccccc1OCC(=O)NNC(=S)NC(=O)Cc1ccccc1. The Bertz CT molecular complexity index is 768. The number of amides is 2. The predicted octanol–water partition coefficient (Wildman–Crippen LogP) is 1.34. The van der Waals surface area contributed by atoms with Crippen LogP contribution in [-0.2, 0) is 16.0 Å². The van der Waals surface area contributed by atoms with Crippen LogP contribution in [0.5, 0.6) is 11.5 Å². The zero-order valence-electron chi connectivity index (χ0n) is 14.2. The number of carbonyl (C=O) groups is 2. The lowest BCUT2D eigenvalue weighted by Gasteiger charge is -2.12. The molecule has 7 nitrogen and oxygen atoms in total. The number of hydrogen-bond donors (Lipinski definition) is 3. The van der Waals surface area contributed by atoms with Gasteiger partial charge in [-0.1, -0.05) is 42.5 Å². The Morgan fingerprint density at radius 1 is 0.923 bits per heavy atom. The topological polar surface area (TPSA) is 88.7 Å². The van der Waals surface area contributed by atoms with Crippen molar-refractivity contribution in [2.45, 2.75) is 6.42 Å². The van der Waals surface area contributed by atoms with E-state index in [2.05, 4.69) is 16.2 Å². The van der Waals surface area contributed by atoms with Crippen molar-refractivity contribution in [3.05, 3.63) is 60.2 Å². The highest BCUT2D eigenvalue weighted by atomic mass is 32.1. The summed E-state index contributed by atoms with van der Waals surface area (Å²) in [7, 11) is 1.51. The van der Waals surface area contributed by atoms with E-state index < -0.39 is 5.91 Å². The van der Waals surface area contributed by atoms with Crippen LogP contribution in [0.25, 0.3) is 0 Å². The Morgan fingerprint density at radius 3 is 2.27 bits per heavy atom. The average molecular weight is 373 g/mol. The van der Waals surface area contributed by atoms with Gasteiger partial charge in [-0.25, -0.2) is 0 Å². The van der Waals surface area contributed by atoms with E-state index in [4.69, 9.17) is 21.7 Å². The molecule has 2 rings (SSSR count). The van der Waals surface area contributed by atoms with Crippen molar-refractivity contribution in [1.29, 1.82) is 0 Å². The summed E-state index contributed by atoms with van der Waals surface area (Å²) >= 11 is 4.96. The van der Waals surface area contributed by atoms with Gasteiger partial charge in [0.2, 0.25) is 5.91 Å². The molecule has 0 aliphatic rings. The standard InChI is InChI=1S/C18H19N3O4S/c1-24-14-9-5-6-10-15(14)25-12-17(23)20-21-18(26)19-16(22)11-13-7-3-2-4-8-13/h2-10H,11-12H2,1H3,(H,20,23)(H2,19,21,22,26). The Kier molecular flexibility index (Phi) is 7.38. The van der Waals surface area contributed by atoms with E-state index >= 15 is 0 Å². The van der Waals surface area contributed by atoms with Crippen molar-refractivity contribution in [3.8, 4) is 11.5 Å². The molecular weight excluding hydrogens is 354 g/mol. The van der Waals surface area contributed by atoms with E-state index in [-0.39, 0.29) is 24.0 Å². The smallest absolute Gasteiger partial charge is 0.276 e. The summed E-state index contributed by atoms with van der Waals surface area (Å²) in [6.07, 6.45) is 0.188. The van der Waals surface area contributed by atoms with Crippen LogP contribution >= 0.6 is 12.2 Å². The minimum atomic E-state index is -0.462. The Labute approximate surface area is 156 Å². The van der Waals surface area contributed by atoms with Gasteiger partial charge in [0.1, 0.15) is 0 Å². The first-order chi connectivity index (χ1) is 12.6. The maximum Gasteiger partial charge on any atom is 0.276 e. The van der Waals surface area contributed by atoms with Crippen LogP contribution in [0.15, 0.2) is 54.6 Å². The van der Waals surface area contributed by atoms with Gasteiger partial charge in [0, 0.05) is 0 Å². The first kappa shape index (κ1) is 19.2. The van der Waals surface area contributed by atoms with E-state index in [1.165, 1.54) is 7.11 Å². The molecule has 0 fully saturated rings. The molecule has 3 N–H and O–H groups in total. The van der Waals surface area contributed by atoms with Crippen molar-refractivity contribution in [2.24, 2.45) is 0 Å². The normalized spacial score (nSPS) is 9.73. The third-order valence-electron chi connectivity index (χ3n) is 3.20. The van der Waals surface area contributed by atoms with E-state index in [1.807, 2.05) is 30.3 Å². The number of ether oxygens (including phenoxy) is 2. The largest absolute Gasteiger partial charge is 0.493 e. The molecule has 0 aliphatic carbocycles. The Morgan fingerprint density at radius 2 is 1.58 bits per heavy atom. The van der Waals surface area contributed by atoms with Crippen molar-refractivity contribution in [1.82, 2.24) is 16.2 Å². The fourth-order valence-electron chi connectivity index (χ4n) is 2.03. The second-order valence-corrected chi connectivity index (χ2v) is 5.56. The average Bonchev–Trinajstić information content (AvgIpc) is 2.65. The number of carbonyl (C=O) groups excluding carboxylic acids is 2. The molecule has 0 saturated carbocycles. The third-order valence-corrected chi connectivity index (χ3v) is 3.41. The van der Waals surface area contributed by atoms with Crippen LogP contribution in [0, 0.1) is 0 Å². The second kappa shape index (κ2) is 10.00. The van der Waals surface area contributed by atoms with Gasteiger partial charge in [0.15, 0.2) is 23.2 Å². The first-order valence-corrected chi connectivity index (χ1v) is 8.17. The molecule has 2 aromatic carbocycles. The second-order valence-electron chi connectivity index (χ2n) is 5.15. The molecule has 0 aliphatic heterocycles. The zero-order valence-corrected chi connectivity index (χ0v) is 15.0. The number of methoxy groups -OCH3 is 1. The summed E-state index contributed by atoms with van der Waals surface area (Å²) in [5.41, 5.74) is 5.66. The predicted molar refractivity (Wildman–Crippen MR) is 101 cm³/mol. The van der Waals surface area contributed by atoms with E-state index in [9.17, 15) is 9.59 Å². The van der Waals surface area contributed by atoms with Crippen molar-refractivity contribution in [2.75, 3.05) is 13.7 Å². The highest BCUT2D eigenvalue weighted by molar-refractivity contribution is 7.80. The van der Waals surface area contributed by atoms with Crippen LogP contribution in [0.2, 0.25) is 0 Å². The quantitative estimate of drug-likeness (QED) is 0.523. The van der Waals surface area contributed by atoms with Gasteiger partial charge >= 0.3 is 0 Å². The molecule has 0 saturated heterocycles. The van der Waals surface area contributed by atoms with E-state index in [1.54, 1.807) is 24.3 Å². The molecule has 0 aromatic heterocycles. The molecule has 136 valence electrons. The van der Waals surface area contributed by atoms with Gasteiger partial charge in [-0.15, -0.1) is 0 Å². The van der Waals surface area contributed by atoms with Gasteiger partial charge in [0.25, 0.3) is 5.91 Å². The summed E-state index contributed by atoms with van der Waals surface area (Å²) in [6, 6.07) is 16.2. The number of hydrogen-bond acceptors (Lipinski definition) is 5. The molecule has 2 aromatic rings. The van der Waals surface area contributed by atoms with Gasteiger partial charge in [-0.3, -0.25) is 20.4 Å². The monoisotopic (exact) mass is 373 g/mol. The lowest BCUT2D eigenvalue weighted by Crippen LogP contribution is -2.49. The van der Waals surface area contributed by atoms with E-state index in [0.29, 0.717) is 11.5 Å². The summed E-state index contributed by atoms with van der Waals surface area (Å²) in [6.45, 7) is -0.242. The van der Waals surface area contributed by atoms with Crippen LogP contribution in [0.3, 0.4) is 0 Å². The number of rotatable bonds is 6. The fraction of sp³-hybridized carbons (Fsp3) is 0.167. The number of nitrogens with one attached hydrogen (secondary N) is 3. The summed E-state index contributed by atoms with van der Waals surface area (Å²) in [5, 5.41) is 2.48. The number of thiocarbonyl (C=S) groups is 1. The summed E-state index contributed by atoms with van der Waals surface area (Å²) < 4.78 is 10.5. The molecule has 0 heterocycles. The highest BCUT2D eigenvalue weighted by Gasteiger charge is 2.09. The lowest BCUT2D eigenvalue weighted by molar-refractivity contribution is -0.124. The molecule has 0 atom stereocenters. The van der Waals surface area contributed by atoms with Crippen molar-refractivity contribution >= 4 is 29.1 Å². The number of benzene rings is 2. The van der Waals surface area contributed by atoms with Gasteiger partial charge in [0.05, 0.1) is 13.5 Å². The highest BCUT2D eigenvalue weighted by Crippen LogP contribution is 2.25. The third kappa shape index (κ3) is 6.40. The minimum Gasteiger partial charge on any atom is -0.493 e. The molecule has 0 spiro atoms. The number of hydrazine groups is 1. The molecule has 0 radical (unpaired) electrons. The van der Waals surface area contributed by atoms with Crippen molar-refractivity contribution < 1.29 is 19.1 Å². The van der Waals surface area contributed by atoms with Crippen LogP contribution < -0.4 is 25.6 Å². The minimum absolute atomic E-state index is 0.00317. The van der Waals surface area contributed by atoms with Gasteiger partial charge < -0.3 is 14.8 Å². The molecule has 8 heteroatoms. The first-order valence-electron chi connectivity index (χ1n) is 7.77. The number of para-hydroxylation sites is 2. The van der Waals surface area contributed by atoms with Crippen LogP contribution in [0.1, 0.15) is 5.56 Å². The zero-order chi connectivity index (χ0) is 18.8. The van der Waals surface area contributed by atoms with Crippen LogP contribution in [-0.4, -0.2) is 30.6 Å². The molecular formula is C18H19N3O4S. The molecule has 2 amide bonds. The van der Waals surface area contributed by atoms with E-state index in [0.717, 1.165) is 5.56 Å². The lowest BCUT2D eigenvalue weighted by atomic mass is 10.1. The Balaban J connectivity index is 1.69. The van der Waals surface area contributed by atoms with Crippen molar-refractivity contribution in [3.63, 3.8) is 0 Å². The van der Waals surface area contributed by atoms with Gasteiger partial charge in [-0.05, 0) is 29.9 Å². The summed E-state index contributed by atoms with van der Waals surface area (Å²) in [4.78, 5) is 23.6. The summed E-state index contributed by atoms with van der Waals surface area (Å²) in [5.74, 6) is 0.227. The molecule has 0 unspecified atom stereocenters. The fourth-order valence-corrected chi connectivity index (χ4v) is 2.19. The molecule has 26 heavy (non-hydrogen) atoms.